The first-order valence-corrected chi connectivity index (χ1v) is 9.77. The minimum Gasteiger partial charge on any atom is -0.478 e. The second-order valence-electron chi connectivity index (χ2n) is 5.95. The van der Waals surface area contributed by atoms with E-state index in [1.807, 2.05) is 0 Å². The Bertz CT molecular complexity index is 1180. The lowest BCUT2D eigenvalue weighted by Crippen LogP contribution is -2.16. The van der Waals surface area contributed by atoms with Crippen molar-refractivity contribution in [3.8, 4) is 0 Å². The molecule has 0 heterocycles. The van der Waals surface area contributed by atoms with E-state index in [-0.39, 0.29) is 16.8 Å². The molecule has 0 bridgehead atoms. The van der Waals surface area contributed by atoms with Crippen LogP contribution in [0.3, 0.4) is 0 Å². The number of aromatic carboxylic acids is 1. The van der Waals surface area contributed by atoms with Crippen molar-refractivity contribution in [2.45, 2.75) is 4.90 Å². The lowest BCUT2D eigenvalue weighted by molar-refractivity contribution is 0.0696. The Morgan fingerprint density at radius 2 is 1.52 bits per heavy atom. The van der Waals surface area contributed by atoms with Gasteiger partial charge in [-0.25, -0.2) is 17.6 Å². The van der Waals surface area contributed by atoms with Gasteiger partial charge in [0.15, 0.2) is 0 Å². The molecule has 9 heteroatoms. The summed E-state index contributed by atoms with van der Waals surface area (Å²) in [6.07, 6.45) is 0. The first-order chi connectivity index (χ1) is 13.8. The zero-order valence-electron chi connectivity index (χ0n) is 14.8. The van der Waals surface area contributed by atoms with Crippen LogP contribution in [-0.4, -0.2) is 25.4 Å². The topological polar surface area (TPSA) is 113 Å². The molecule has 148 valence electrons. The summed E-state index contributed by atoms with van der Waals surface area (Å²) in [5.74, 6) is -2.50. The number of anilines is 2. The van der Waals surface area contributed by atoms with Gasteiger partial charge in [-0.05, 0) is 54.6 Å². The fourth-order valence-electron chi connectivity index (χ4n) is 2.50. The van der Waals surface area contributed by atoms with Gasteiger partial charge in [0.2, 0.25) is 0 Å². The second-order valence-corrected chi connectivity index (χ2v) is 7.60. The van der Waals surface area contributed by atoms with Crippen molar-refractivity contribution >= 4 is 33.3 Å². The molecule has 0 spiro atoms. The fourth-order valence-corrected chi connectivity index (χ4v) is 3.63. The number of halogens is 1. The summed E-state index contributed by atoms with van der Waals surface area (Å²) in [5, 5.41) is 11.5. The highest BCUT2D eigenvalue weighted by Crippen LogP contribution is 2.20. The van der Waals surface area contributed by atoms with E-state index >= 15 is 0 Å². The molecule has 0 saturated heterocycles. The van der Waals surface area contributed by atoms with Crippen LogP contribution >= 0.6 is 0 Å². The Morgan fingerprint density at radius 1 is 0.828 bits per heavy atom. The van der Waals surface area contributed by atoms with Crippen LogP contribution in [0.5, 0.6) is 0 Å². The molecule has 0 fully saturated rings. The molecule has 0 atom stereocenters. The van der Waals surface area contributed by atoms with Crippen molar-refractivity contribution in [3.63, 3.8) is 0 Å². The minimum absolute atomic E-state index is 0.0764. The highest BCUT2D eigenvalue weighted by molar-refractivity contribution is 7.92. The van der Waals surface area contributed by atoms with Crippen molar-refractivity contribution in [1.29, 1.82) is 0 Å². The summed E-state index contributed by atoms with van der Waals surface area (Å²) < 4.78 is 40.8. The van der Waals surface area contributed by atoms with Gasteiger partial charge < -0.3 is 10.4 Å². The van der Waals surface area contributed by atoms with E-state index in [2.05, 4.69) is 10.0 Å². The van der Waals surface area contributed by atoms with Gasteiger partial charge in [-0.3, -0.25) is 9.52 Å². The third-order valence-corrected chi connectivity index (χ3v) is 5.31. The van der Waals surface area contributed by atoms with Crippen molar-refractivity contribution in [2.75, 3.05) is 10.0 Å². The maximum absolute atomic E-state index is 13.8. The molecule has 3 aromatic rings. The van der Waals surface area contributed by atoms with Crippen LogP contribution in [0, 0.1) is 5.82 Å². The largest absolute Gasteiger partial charge is 0.478 e. The van der Waals surface area contributed by atoms with Crippen LogP contribution in [-0.2, 0) is 10.0 Å². The quantitative estimate of drug-likeness (QED) is 0.571. The zero-order valence-corrected chi connectivity index (χ0v) is 15.6. The molecule has 29 heavy (non-hydrogen) atoms. The Balaban J connectivity index is 1.77. The number of benzene rings is 3. The molecule has 0 unspecified atom stereocenters. The predicted molar refractivity (Wildman–Crippen MR) is 105 cm³/mol. The maximum atomic E-state index is 13.8. The Labute approximate surface area is 165 Å². The zero-order chi connectivity index (χ0) is 21.0. The first-order valence-electron chi connectivity index (χ1n) is 8.28. The number of hydrogen-bond acceptors (Lipinski definition) is 4. The normalized spacial score (nSPS) is 10.9. The predicted octanol–water partition coefficient (Wildman–Crippen LogP) is 3.58. The SMILES string of the molecule is O=C(O)c1ccc(NC(=O)c2cccc(NS(=O)(=O)c3ccccc3F)c2)cc1. The standard InChI is InChI=1S/C20H15FN2O5S/c21-17-6-1-2-7-18(17)29(27,28)23-16-5-3-4-14(12-16)19(24)22-15-10-8-13(9-11-15)20(25)26/h1-12,23H,(H,22,24)(H,25,26). The summed E-state index contributed by atoms with van der Waals surface area (Å²) in [4.78, 5) is 22.8. The molecule has 1 amide bonds. The van der Waals surface area contributed by atoms with Crippen LogP contribution < -0.4 is 10.0 Å². The van der Waals surface area contributed by atoms with Crippen LogP contribution in [0.4, 0.5) is 15.8 Å². The van der Waals surface area contributed by atoms with E-state index in [4.69, 9.17) is 5.11 Å². The molecule has 7 nitrogen and oxygen atoms in total. The number of carboxylic acids is 1. The Hall–Kier alpha value is -3.72. The lowest BCUT2D eigenvalue weighted by Gasteiger charge is -2.10. The molecule has 0 aliphatic rings. The van der Waals surface area contributed by atoms with Crippen LogP contribution in [0.1, 0.15) is 20.7 Å². The van der Waals surface area contributed by atoms with Crippen LogP contribution in [0.2, 0.25) is 0 Å². The molecule has 3 rings (SSSR count). The summed E-state index contributed by atoms with van der Waals surface area (Å²) >= 11 is 0. The van der Waals surface area contributed by atoms with Gasteiger partial charge >= 0.3 is 5.97 Å². The number of carbonyl (C=O) groups is 2. The Kier molecular flexibility index (Phi) is 5.60. The van der Waals surface area contributed by atoms with E-state index in [0.717, 1.165) is 12.1 Å². The average Bonchev–Trinajstić information content (AvgIpc) is 2.68. The Morgan fingerprint density at radius 3 is 2.17 bits per heavy atom. The fraction of sp³-hybridized carbons (Fsp3) is 0. The van der Waals surface area contributed by atoms with Gasteiger partial charge in [0.05, 0.1) is 5.56 Å². The number of sulfonamides is 1. The smallest absolute Gasteiger partial charge is 0.335 e. The average molecular weight is 414 g/mol. The monoisotopic (exact) mass is 414 g/mol. The van der Waals surface area contributed by atoms with E-state index in [1.165, 1.54) is 60.7 Å². The minimum atomic E-state index is -4.17. The lowest BCUT2D eigenvalue weighted by atomic mass is 10.1. The number of rotatable bonds is 6. The van der Waals surface area contributed by atoms with Gasteiger partial charge in [0, 0.05) is 16.9 Å². The summed E-state index contributed by atoms with van der Waals surface area (Å²) in [6, 6.07) is 16.2. The molecule has 3 aromatic carbocycles. The molecule has 3 N–H and O–H groups in total. The summed E-state index contributed by atoms with van der Waals surface area (Å²) in [6.45, 7) is 0. The van der Waals surface area contributed by atoms with Gasteiger partial charge in [0.25, 0.3) is 15.9 Å². The molecule has 0 saturated carbocycles. The number of carboxylic acid groups (broad SMARTS) is 1. The van der Waals surface area contributed by atoms with Gasteiger partial charge in [0.1, 0.15) is 10.7 Å². The van der Waals surface area contributed by atoms with E-state index in [1.54, 1.807) is 0 Å². The highest BCUT2D eigenvalue weighted by Gasteiger charge is 2.19. The van der Waals surface area contributed by atoms with Crippen molar-refractivity contribution in [1.82, 2.24) is 0 Å². The molecular weight excluding hydrogens is 399 g/mol. The second kappa shape index (κ2) is 8.11. The van der Waals surface area contributed by atoms with Crippen molar-refractivity contribution in [2.24, 2.45) is 0 Å². The molecule has 0 radical (unpaired) electrons. The van der Waals surface area contributed by atoms with Crippen molar-refractivity contribution < 1.29 is 27.5 Å². The number of hydrogen-bond donors (Lipinski definition) is 3. The van der Waals surface area contributed by atoms with E-state index in [9.17, 15) is 22.4 Å². The molecule has 0 aromatic heterocycles. The van der Waals surface area contributed by atoms with Gasteiger partial charge in [-0.1, -0.05) is 18.2 Å². The number of amides is 1. The molecule has 0 aliphatic heterocycles. The highest BCUT2D eigenvalue weighted by atomic mass is 32.2. The van der Waals surface area contributed by atoms with E-state index in [0.29, 0.717) is 5.69 Å². The van der Waals surface area contributed by atoms with Gasteiger partial charge in [-0.2, -0.15) is 0 Å². The molecule has 0 aliphatic carbocycles. The number of carbonyl (C=O) groups excluding carboxylic acids is 1. The van der Waals surface area contributed by atoms with E-state index < -0.39 is 32.6 Å². The maximum Gasteiger partial charge on any atom is 0.335 e. The van der Waals surface area contributed by atoms with Crippen LogP contribution in [0.15, 0.2) is 77.7 Å². The third-order valence-electron chi connectivity index (χ3n) is 3.89. The summed E-state index contributed by atoms with van der Waals surface area (Å²) in [7, 11) is -4.17. The molecular formula is C20H15FN2O5S. The van der Waals surface area contributed by atoms with Crippen LogP contribution in [0.25, 0.3) is 0 Å². The third kappa shape index (κ3) is 4.77. The first kappa shape index (κ1) is 20.0. The van der Waals surface area contributed by atoms with Gasteiger partial charge in [-0.15, -0.1) is 0 Å². The number of nitrogens with one attached hydrogen (secondary N) is 2. The van der Waals surface area contributed by atoms with Crippen molar-refractivity contribution in [3.05, 3.63) is 89.7 Å². The summed E-state index contributed by atoms with van der Waals surface area (Å²) in [5.41, 5.74) is 0.688.